The summed E-state index contributed by atoms with van der Waals surface area (Å²) in [6.45, 7) is 0. The van der Waals surface area contributed by atoms with Crippen LogP contribution in [0.3, 0.4) is 0 Å². The maximum Gasteiger partial charge on any atom is 0.112 e. The van der Waals surface area contributed by atoms with Gasteiger partial charge in [0.1, 0.15) is 5.52 Å². The Morgan fingerprint density at radius 1 is 1.20 bits per heavy atom. The van der Waals surface area contributed by atoms with Crippen LogP contribution in [-0.2, 0) is 0 Å². The molecule has 2 aromatic rings. The summed E-state index contributed by atoms with van der Waals surface area (Å²) in [5.41, 5.74) is 3.05. The van der Waals surface area contributed by atoms with Crippen LogP contribution in [-0.4, -0.2) is 33.3 Å². The summed E-state index contributed by atoms with van der Waals surface area (Å²) in [6.07, 6.45) is 7.63. The number of hydrogen-bond acceptors (Lipinski definition) is 4. The zero-order chi connectivity index (χ0) is 13.7. The van der Waals surface area contributed by atoms with E-state index in [0.717, 1.165) is 28.3 Å². The first-order chi connectivity index (χ1) is 9.72. The van der Waals surface area contributed by atoms with E-state index in [4.69, 9.17) is 0 Å². The molecule has 20 heavy (non-hydrogen) atoms. The van der Waals surface area contributed by atoms with Crippen LogP contribution in [0.15, 0.2) is 29.0 Å². The van der Waals surface area contributed by atoms with Gasteiger partial charge in [0.15, 0.2) is 0 Å². The molecule has 2 aliphatic heterocycles. The zero-order valence-corrected chi connectivity index (χ0v) is 12.6. The number of aromatic nitrogens is 2. The first-order valence-corrected chi connectivity index (χ1v) is 7.88. The van der Waals surface area contributed by atoms with Crippen LogP contribution in [0.2, 0.25) is 0 Å². The van der Waals surface area contributed by atoms with Crippen molar-refractivity contribution in [2.75, 3.05) is 4.90 Å². The normalized spacial score (nSPS) is 29.1. The first kappa shape index (κ1) is 12.5. The summed E-state index contributed by atoms with van der Waals surface area (Å²) >= 11 is 3.45. The molecule has 2 aromatic heterocycles. The maximum atomic E-state index is 9.94. The first-order valence-electron chi connectivity index (χ1n) is 7.09. The molecular formula is C15H16BrN3O. The third-order valence-electron chi connectivity index (χ3n) is 4.51. The monoisotopic (exact) mass is 333 g/mol. The van der Waals surface area contributed by atoms with E-state index >= 15 is 0 Å². The predicted molar refractivity (Wildman–Crippen MR) is 81.8 cm³/mol. The predicted octanol–water partition coefficient (Wildman–Crippen LogP) is 2.88. The van der Waals surface area contributed by atoms with E-state index < -0.39 is 0 Å². The lowest BCUT2D eigenvalue weighted by atomic mass is 9.99. The van der Waals surface area contributed by atoms with Gasteiger partial charge in [0, 0.05) is 29.0 Å². The molecule has 4 nitrogen and oxygen atoms in total. The lowest BCUT2D eigenvalue weighted by Crippen LogP contribution is -2.45. The molecule has 0 radical (unpaired) electrons. The third-order valence-corrected chi connectivity index (χ3v) is 4.94. The fourth-order valence-corrected chi connectivity index (χ4v) is 4.06. The van der Waals surface area contributed by atoms with Crippen molar-refractivity contribution in [2.45, 2.75) is 43.9 Å². The van der Waals surface area contributed by atoms with Gasteiger partial charge < -0.3 is 10.0 Å². The van der Waals surface area contributed by atoms with E-state index in [-0.39, 0.29) is 6.10 Å². The smallest absolute Gasteiger partial charge is 0.112 e. The topological polar surface area (TPSA) is 49.2 Å². The molecule has 0 aromatic carbocycles. The van der Waals surface area contributed by atoms with Gasteiger partial charge in [-0.3, -0.25) is 9.97 Å². The van der Waals surface area contributed by atoms with Crippen molar-refractivity contribution in [3.63, 3.8) is 0 Å². The van der Waals surface area contributed by atoms with Crippen LogP contribution in [0.25, 0.3) is 11.0 Å². The van der Waals surface area contributed by atoms with Crippen molar-refractivity contribution < 1.29 is 5.11 Å². The van der Waals surface area contributed by atoms with Crippen LogP contribution >= 0.6 is 15.9 Å². The lowest BCUT2D eigenvalue weighted by Gasteiger charge is -2.39. The van der Waals surface area contributed by atoms with Crippen molar-refractivity contribution in [2.24, 2.45) is 0 Å². The van der Waals surface area contributed by atoms with Crippen LogP contribution in [0.5, 0.6) is 0 Å². The molecule has 2 fully saturated rings. The quantitative estimate of drug-likeness (QED) is 0.871. The highest BCUT2D eigenvalue weighted by molar-refractivity contribution is 9.10. The largest absolute Gasteiger partial charge is 0.393 e. The molecule has 2 bridgehead atoms. The van der Waals surface area contributed by atoms with Crippen LogP contribution in [0.4, 0.5) is 5.69 Å². The molecule has 5 heteroatoms. The van der Waals surface area contributed by atoms with Gasteiger partial charge in [0.05, 0.1) is 17.3 Å². The molecule has 2 unspecified atom stereocenters. The van der Waals surface area contributed by atoms with E-state index in [2.05, 4.69) is 36.9 Å². The number of aliphatic hydroxyl groups is 1. The van der Waals surface area contributed by atoms with E-state index in [1.54, 1.807) is 0 Å². The SMILES string of the molecule is OC1CC2CCC(C1)N2c1ccnc2cc(Br)cnc12. The Bertz CT molecular complexity index is 649. The minimum atomic E-state index is -0.140. The van der Waals surface area contributed by atoms with Gasteiger partial charge in [0.2, 0.25) is 0 Å². The highest BCUT2D eigenvalue weighted by Crippen LogP contribution is 2.41. The molecular weight excluding hydrogens is 318 g/mol. The number of aliphatic hydroxyl groups excluding tert-OH is 1. The fourth-order valence-electron chi connectivity index (χ4n) is 3.74. The molecule has 4 rings (SSSR count). The highest BCUT2D eigenvalue weighted by Gasteiger charge is 2.40. The Labute approximate surface area is 126 Å². The summed E-state index contributed by atoms with van der Waals surface area (Å²) in [5.74, 6) is 0. The number of pyridine rings is 2. The van der Waals surface area contributed by atoms with Crippen molar-refractivity contribution in [3.05, 3.63) is 29.0 Å². The lowest BCUT2D eigenvalue weighted by molar-refractivity contribution is 0.126. The van der Waals surface area contributed by atoms with E-state index in [0.29, 0.717) is 12.1 Å². The van der Waals surface area contributed by atoms with E-state index in [1.807, 2.05) is 18.5 Å². The Balaban J connectivity index is 1.83. The van der Waals surface area contributed by atoms with Gasteiger partial charge in [-0.05, 0) is 53.7 Å². The minimum absolute atomic E-state index is 0.140. The van der Waals surface area contributed by atoms with Crippen molar-refractivity contribution in [1.29, 1.82) is 0 Å². The molecule has 0 saturated carbocycles. The van der Waals surface area contributed by atoms with Crippen molar-refractivity contribution >= 4 is 32.7 Å². The van der Waals surface area contributed by atoms with Gasteiger partial charge in [-0.25, -0.2) is 0 Å². The molecule has 2 aliphatic rings. The number of nitrogens with zero attached hydrogens (tertiary/aromatic N) is 3. The summed E-state index contributed by atoms with van der Waals surface area (Å²) < 4.78 is 0.951. The average Bonchev–Trinajstić information content (AvgIpc) is 2.69. The molecule has 1 N–H and O–H groups in total. The van der Waals surface area contributed by atoms with E-state index in [9.17, 15) is 5.11 Å². The molecule has 104 valence electrons. The molecule has 2 atom stereocenters. The number of fused-ring (bicyclic) bond motifs is 3. The summed E-state index contributed by atoms with van der Waals surface area (Å²) in [7, 11) is 0. The average molecular weight is 334 g/mol. The summed E-state index contributed by atoms with van der Waals surface area (Å²) in [6, 6.07) is 4.96. The standard InChI is InChI=1S/C15H16BrN3O/c16-9-5-13-15(18-8-9)14(3-4-17-13)19-10-1-2-11(19)7-12(20)6-10/h3-5,8,10-12,20H,1-2,6-7H2. The van der Waals surface area contributed by atoms with E-state index in [1.165, 1.54) is 18.5 Å². The fraction of sp³-hybridized carbons (Fsp3) is 0.467. The number of piperidine rings is 1. The van der Waals surface area contributed by atoms with Gasteiger partial charge >= 0.3 is 0 Å². The highest BCUT2D eigenvalue weighted by atomic mass is 79.9. The van der Waals surface area contributed by atoms with Crippen molar-refractivity contribution in [1.82, 2.24) is 9.97 Å². The van der Waals surface area contributed by atoms with Gasteiger partial charge in [-0.2, -0.15) is 0 Å². The molecule has 4 heterocycles. The Morgan fingerprint density at radius 3 is 2.70 bits per heavy atom. The van der Waals surface area contributed by atoms with Gasteiger partial charge in [-0.15, -0.1) is 0 Å². The number of halogens is 1. The molecule has 0 amide bonds. The molecule has 2 saturated heterocycles. The van der Waals surface area contributed by atoms with Crippen molar-refractivity contribution in [3.8, 4) is 0 Å². The second-order valence-electron chi connectivity index (χ2n) is 5.77. The Kier molecular flexibility index (Phi) is 2.93. The Hall–Kier alpha value is -1.20. The van der Waals surface area contributed by atoms with Gasteiger partial charge in [0.25, 0.3) is 0 Å². The maximum absolute atomic E-state index is 9.94. The number of hydrogen-bond donors (Lipinski definition) is 1. The number of anilines is 1. The molecule has 0 spiro atoms. The van der Waals surface area contributed by atoms with Crippen LogP contribution in [0.1, 0.15) is 25.7 Å². The summed E-state index contributed by atoms with van der Waals surface area (Å²) in [4.78, 5) is 11.4. The summed E-state index contributed by atoms with van der Waals surface area (Å²) in [5, 5.41) is 9.94. The molecule has 0 aliphatic carbocycles. The van der Waals surface area contributed by atoms with Crippen LogP contribution in [0, 0.1) is 0 Å². The van der Waals surface area contributed by atoms with Gasteiger partial charge in [-0.1, -0.05) is 0 Å². The number of rotatable bonds is 1. The van der Waals surface area contributed by atoms with Crippen LogP contribution < -0.4 is 4.90 Å². The second kappa shape index (κ2) is 4.67. The minimum Gasteiger partial charge on any atom is -0.393 e. The second-order valence-corrected chi connectivity index (χ2v) is 6.68. The Morgan fingerprint density at radius 2 is 1.95 bits per heavy atom. The third kappa shape index (κ3) is 1.91. The zero-order valence-electron chi connectivity index (χ0n) is 11.0.